The second-order valence-corrected chi connectivity index (χ2v) is 5.85. The van der Waals surface area contributed by atoms with Crippen molar-refractivity contribution < 1.29 is 14.3 Å². The van der Waals surface area contributed by atoms with Crippen molar-refractivity contribution in [3.8, 4) is 5.75 Å². The molecule has 0 aromatic heterocycles. The van der Waals surface area contributed by atoms with Crippen LogP contribution in [0.4, 0.5) is 0 Å². The third-order valence-electron chi connectivity index (χ3n) is 4.58. The first-order valence-corrected chi connectivity index (χ1v) is 7.82. The van der Waals surface area contributed by atoms with Crippen LogP contribution in [0.3, 0.4) is 0 Å². The number of hydrogen-bond acceptors (Lipinski definition) is 3. The summed E-state index contributed by atoms with van der Waals surface area (Å²) in [6.45, 7) is 2.31. The predicted molar refractivity (Wildman–Crippen MR) is 80.2 cm³/mol. The third kappa shape index (κ3) is 3.05. The van der Waals surface area contributed by atoms with Crippen molar-refractivity contribution in [2.75, 3.05) is 26.9 Å². The van der Waals surface area contributed by atoms with Crippen molar-refractivity contribution in [2.45, 2.75) is 31.7 Å². The van der Waals surface area contributed by atoms with Gasteiger partial charge in [-0.15, -0.1) is 0 Å². The van der Waals surface area contributed by atoms with Gasteiger partial charge in [-0.3, -0.25) is 4.79 Å². The minimum atomic E-state index is 0.143. The molecule has 114 valence electrons. The number of hydrogen-bond donors (Lipinski definition) is 0. The molecule has 2 aliphatic heterocycles. The van der Waals surface area contributed by atoms with E-state index in [1.165, 1.54) is 5.56 Å². The van der Waals surface area contributed by atoms with Gasteiger partial charge in [0.15, 0.2) is 0 Å². The highest BCUT2D eigenvalue weighted by molar-refractivity contribution is 5.79. The van der Waals surface area contributed by atoms with Crippen LogP contribution < -0.4 is 4.74 Å². The number of rotatable bonds is 3. The van der Waals surface area contributed by atoms with Gasteiger partial charge in [0.05, 0.1) is 13.2 Å². The second kappa shape index (κ2) is 6.48. The normalized spacial score (nSPS) is 23.3. The van der Waals surface area contributed by atoms with Crippen molar-refractivity contribution in [3.05, 3.63) is 29.8 Å². The Morgan fingerprint density at radius 3 is 2.86 bits per heavy atom. The molecule has 4 nitrogen and oxygen atoms in total. The highest BCUT2D eigenvalue weighted by atomic mass is 16.5. The van der Waals surface area contributed by atoms with Gasteiger partial charge in [-0.25, -0.2) is 0 Å². The molecule has 1 atom stereocenters. The van der Waals surface area contributed by atoms with Crippen molar-refractivity contribution in [3.63, 3.8) is 0 Å². The molecule has 0 bridgehead atoms. The largest absolute Gasteiger partial charge is 0.497 e. The summed E-state index contributed by atoms with van der Waals surface area (Å²) in [5.74, 6) is 1.31. The monoisotopic (exact) mass is 289 g/mol. The van der Waals surface area contributed by atoms with Crippen LogP contribution >= 0.6 is 0 Å². The SMILES string of the molecule is COc1cccc([C@@H]2CCCN2C(=O)C2CCOCC2)c1. The van der Waals surface area contributed by atoms with E-state index in [0.717, 1.165) is 38.0 Å². The molecule has 1 aromatic rings. The highest BCUT2D eigenvalue weighted by Gasteiger charge is 2.34. The second-order valence-electron chi connectivity index (χ2n) is 5.85. The number of amides is 1. The summed E-state index contributed by atoms with van der Waals surface area (Å²) in [5.41, 5.74) is 1.19. The van der Waals surface area contributed by atoms with Gasteiger partial charge in [0.25, 0.3) is 0 Å². The van der Waals surface area contributed by atoms with E-state index in [4.69, 9.17) is 9.47 Å². The number of nitrogens with zero attached hydrogens (tertiary/aromatic N) is 1. The first kappa shape index (κ1) is 14.4. The molecular weight excluding hydrogens is 266 g/mol. The van der Waals surface area contributed by atoms with Crippen LogP contribution in [0.15, 0.2) is 24.3 Å². The Labute approximate surface area is 126 Å². The Hall–Kier alpha value is -1.55. The summed E-state index contributed by atoms with van der Waals surface area (Å²) >= 11 is 0. The number of likely N-dealkylation sites (tertiary alicyclic amines) is 1. The van der Waals surface area contributed by atoms with Gasteiger partial charge in [0.1, 0.15) is 5.75 Å². The molecule has 2 heterocycles. The molecule has 2 aliphatic rings. The van der Waals surface area contributed by atoms with Crippen molar-refractivity contribution in [1.82, 2.24) is 4.90 Å². The summed E-state index contributed by atoms with van der Waals surface area (Å²) in [6.07, 6.45) is 3.85. The first-order chi connectivity index (χ1) is 10.3. The minimum Gasteiger partial charge on any atom is -0.497 e. The quantitative estimate of drug-likeness (QED) is 0.859. The molecular formula is C17H23NO3. The van der Waals surface area contributed by atoms with Crippen molar-refractivity contribution >= 4 is 5.91 Å². The number of carbonyl (C=O) groups is 1. The van der Waals surface area contributed by atoms with Crippen LogP contribution in [0, 0.1) is 5.92 Å². The average Bonchev–Trinajstić information content (AvgIpc) is 3.04. The molecule has 2 fully saturated rings. The summed E-state index contributed by atoms with van der Waals surface area (Å²) in [7, 11) is 1.68. The lowest BCUT2D eigenvalue weighted by atomic mass is 9.97. The van der Waals surface area contributed by atoms with Gasteiger partial charge in [0, 0.05) is 25.7 Å². The Bertz CT molecular complexity index is 497. The fourth-order valence-electron chi connectivity index (χ4n) is 3.40. The molecule has 0 aliphatic carbocycles. The van der Waals surface area contributed by atoms with Crippen molar-refractivity contribution in [2.24, 2.45) is 5.92 Å². The predicted octanol–water partition coefficient (Wildman–Crippen LogP) is 2.79. The molecule has 0 unspecified atom stereocenters. The van der Waals surface area contributed by atoms with Crippen LogP contribution in [0.2, 0.25) is 0 Å². The zero-order chi connectivity index (χ0) is 14.7. The Morgan fingerprint density at radius 2 is 2.10 bits per heavy atom. The van der Waals surface area contributed by atoms with E-state index in [2.05, 4.69) is 17.0 Å². The van der Waals surface area contributed by atoms with Gasteiger partial charge < -0.3 is 14.4 Å². The molecule has 1 amide bonds. The number of methoxy groups -OCH3 is 1. The van der Waals surface area contributed by atoms with Crippen LogP contribution in [-0.4, -0.2) is 37.7 Å². The molecule has 21 heavy (non-hydrogen) atoms. The molecule has 0 N–H and O–H groups in total. The maximum absolute atomic E-state index is 12.8. The Kier molecular flexibility index (Phi) is 4.44. The standard InChI is InChI=1S/C17H23NO3/c1-20-15-5-2-4-14(12-15)16-6-3-9-18(16)17(19)13-7-10-21-11-8-13/h2,4-5,12-13,16H,3,6-11H2,1H3/t16-/m0/s1. The average molecular weight is 289 g/mol. The smallest absolute Gasteiger partial charge is 0.226 e. The summed E-state index contributed by atoms with van der Waals surface area (Å²) in [4.78, 5) is 14.9. The van der Waals surface area contributed by atoms with Crippen LogP contribution in [-0.2, 0) is 9.53 Å². The van der Waals surface area contributed by atoms with Crippen LogP contribution in [0.25, 0.3) is 0 Å². The van der Waals surface area contributed by atoms with Crippen molar-refractivity contribution in [1.29, 1.82) is 0 Å². The lowest BCUT2D eigenvalue weighted by molar-refractivity contribution is -0.139. The van der Waals surface area contributed by atoms with Gasteiger partial charge in [-0.2, -0.15) is 0 Å². The van der Waals surface area contributed by atoms with E-state index in [9.17, 15) is 4.79 Å². The maximum atomic E-state index is 12.8. The van der Waals surface area contributed by atoms with E-state index in [-0.39, 0.29) is 12.0 Å². The van der Waals surface area contributed by atoms with Gasteiger partial charge in [-0.1, -0.05) is 12.1 Å². The maximum Gasteiger partial charge on any atom is 0.226 e. The Morgan fingerprint density at radius 1 is 1.29 bits per heavy atom. The van der Waals surface area contributed by atoms with E-state index in [1.54, 1.807) is 7.11 Å². The molecule has 0 saturated carbocycles. The molecule has 4 heteroatoms. The van der Waals surface area contributed by atoms with Gasteiger partial charge in [-0.05, 0) is 43.4 Å². The lowest BCUT2D eigenvalue weighted by Gasteiger charge is -2.31. The number of benzene rings is 1. The summed E-state index contributed by atoms with van der Waals surface area (Å²) < 4.78 is 10.7. The number of carbonyl (C=O) groups excluding carboxylic acids is 1. The molecule has 3 rings (SSSR count). The lowest BCUT2D eigenvalue weighted by Crippen LogP contribution is -2.38. The molecule has 2 saturated heterocycles. The van der Waals surface area contributed by atoms with E-state index >= 15 is 0 Å². The highest BCUT2D eigenvalue weighted by Crippen LogP contribution is 2.35. The molecule has 0 radical (unpaired) electrons. The van der Waals surface area contributed by atoms with E-state index in [1.807, 2.05) is 12.1 Å². The van der Waals surface area contributed by atoms with Gasteiger partial charge in [0.2, 0.25) is 5.91 Å². The molecule has 0 spiro atoms. The topological polar surface area (TPSA) is 38.8 Å². The fourth-order valence-corrected chi connectivity index (χ4v) is 3.40. The minimum absolute atomic E-state index is 0.143. The van der Waals surface area contributed by atoms with E-state index in [0.29, 0.717) is 19.1 Å². The first-order valence-electron chi connectivity index (χ1n) is 7.82. The zero-order valence-electron chi connectivity index (χ0n) is 12.6. The summed E-state index contributed by atoms with van der Waals surface area (Å²) in [6, 6.07) is 8.31. The number of ether oxygens (including phenoxy) is 2. The molecule has 1 aromatic carbocycles. The van der Waals surface area contributed by atoms with Crippen LogP contribution in [0.1, 0.15) is 37.3 Å². The Balaban J connectivity index is 1.76. The van der Waals surface area contributed by atoms with Gasteiger partial charge >= 0.3 is 0 Å². The third-order valence-corrected chi connectivity index (χ3v) is 4.58. The van der Waals surface area contributed by atoms with E-state index < -0.39 is 0 Å². The van der Waals surface area contributed by atoms with Crippen LogP contribution in [0.5, 0.6) is 5.75 Å². The zero-order valence-corrected chi connectivity index (χ0v) is 12.6. The fraction of sp³-hybridized carbons (Fsp3) is 0.588. The summed E-state index contributed by atoms with van der Waals surface area (Å²) in [5, 5.41) is 0.